The fourth-order valence-electron chi connectivity index (χ4n) is 4.35. The van der Waals surface area contributed by atoms with Crippen LogP contribution in [0.5, 0.6) is 5.75 Å². The molecule has 0 N–H and O–H groups in total. The van der Waals surface area contributed by atoms with Crippen LogP contribution < -0.4 is 9.64 Å². The molecule has 30 heavy (non-hydrogen) atoms. The molecule has 3 aromatic rings. The fourth-order valence-corrected chi connectivity index (χ4v) is 4.35. The molecule has 0 unspecified atom stereocenters. The van der Waals surface area contributed by atoms with Crippen LogP contribution in [0.15, 0.2) is 48.5 Å². The number of fused-ring (bicyclic) bond motifs is 3. The lowest BCUT2D eigenvalue weighted by Gasteiger charge is -2.38. The lowest BCUT2D eigenvalue weighted by atomic mass is 10.2. The quantitative estimate of drug-likeness (QED) is 0.626. The minimum atomic E-state index is 0.821. The van der Waals surface area contributed by atoms with Crippen LogP contribution in [0.25, 0.3) is 11.0 Å². The van der Waals surface area contributed by atoms with Gasteiger partial charge in [0.25, 0.3) is 0 Å². The Morgan fingerprint density at radius 1 is 0.967 bits per heavy atom. The van der Waals surface area contributed by atoms with E-state index in [1.54, 1.807) is 7.11 Å². The molecule has 2 aliphatic rings. The van der Waals surface area contributed by atoms with Crippen LogP contribution in [0.4, 0.5) is 5.95 Å². The normalized spacial score (nSPS) is 18.0. The van der Waals surface area contributed by atoms with Crippen molar-refractivity contribution in [3.05, 3.63) is 54.1 Å². The van der Waals surface area contributed by atoms with Crippen molar-refractivity contribution in [3.63, 3.8) is 0 Å². The van der Waals surface area contributed by atoms with Crippen LogP contribution in [0.2, 0.25) is 0 Å². The van der Waals surface area contributed by atoms with E-state index in [1.807, 2.05) is 6.07 Å². The molecule has 7 nitrogen and oxygen atoms in total. The molecule has 1 saturated heterocycles. The van der Waals surface area contributed by atoms with Gasteiger partial charge >= 0.3 is 0 Å². The Morgan fingerprint density at radius 3 is 2.60 bits per heavy atom. The third kappa shape index (κ3) is 4.01. The summed E-state index contributed by atoms with van der Waals surface area (Å²) < 4.78 is 13.3. The highest BCUT2D eigenvalue weighted by Crippen LogP contribution is 2.30. The number of imidazole rings is 1. The molecule has 3 heterocycles. The summed E-state index contributed by atoms with van der Waals surface area (Å²) in [5, 5.41) is 0. The van der Waals surface area contributed by atoms with Gasteiger partial charge in [-0.05, 0) is 17.7 Å². The van der Waals surface area contributed by atoms with Gasteiger partial charge in [-0.25, -0.2) is 4.98 Å². The van der Waals surface area contributed by atoms with Gasteiger partial charge in [0.15, 0.2) is 0 Å². The van der Waals surface area contributed by atoms with Crippen molar-refractivity contribution >= 4 is 17.0 Å². The molecule has 7 heteroatoms. The number of ether oxygens (including phenoxy) is 2. The standard InChI is InChI=1S/C23H29N5O2/c1-29-20-7-8-21-22(15-20)28-18-26(16-19-5-3-2-4-6-19)17-27(23(28)24-21)10-9-25-11-13-30-14-12-25/h2-8,15H,9-14,16-18H2,1H3. The molecule has 2 aliphatic heterocycles. The second-order valence-corrected chi connectivity index (χ2v) is 8.01. The molecule has 158 valence electrons. The summed E-state index contributed by atoms with van der Waals surface area (Å²) >= 11 is 0. The first-order chi connectivity index (χ1) is 14.8. The van der Waals surface area contributed by atoms with Crippen LogP contribution in [-0.2, 0) is 18.0 Å². The summed E-state index contributed by atoms with van der Waals surface area (Å²) in [6.45, 7) is 8.27. The van der Waals surface area contributed by atoms with E-state index in [-0.39, 0.29) is 0 Å². The Morgan fingerprint density at radius 2 is 1.80 bits per heavy atom. The first-order valence-electron chi connectivity index (χ1n) is 10.7. The minimum absolute atomic E-state index is 0.821. The maximum absolute atomic E-state index is 5.50. The molecule has 5 rings (SSSR count). The highest BCUT2D eigenvalue weighted by Gasteiger charge is 2.27. The van der Waals surface area contributed by atoms with Gasteiger partial charge in [0.2, 0.25) is 5.95 Å². The van der Waals surface area contributed by atoms with E-state index < -0.39 is 0 Å². The number of anilines is 1. The van der Waals surface area contributed by atoms with E-state index in [0.717, 1.165) is 82.0 Å². The van der Waals surface area contributed by atoms with Crippen LogP contribution >= 0.6 is 0 Å². The molecule has 0 aliphatic carbocycles. The average molecular weight is 408 g/mol. The van der Waals surface area contributed by atoms with E-state index in [9.17, 15) is 0 Å². The highest BCUT2D eigenvalue weighted by molar-refractivity contribution is 5.80. The Balaban J connectivity index is 1.43. The Bertz CT molecular complexity index is 984. The maximum atomic E-state index is 5.50. The molecular weight excluding hydrogens is 378 g/mol. The topological polar surface area (TPSA) is 46.0 Å². The lowest BCUT2D eigenvalue weighted by Crippen LogP contribution is -2.48. The number of morpholine rings is 1. The van der Waals surface area contributed by atoms with E-state index in [4.69, 9.17) is 14.5 Å². The number of nitrogens with zero attached hydrogens (tertiary/aromatic N) is 5. The van der Waals surface area contributed by atoms with Crippen LogP contribution in [0, 0.1) is 0 Å². The van der Waals surface area contributed by atoms with Gasteiger partial charge in [-0.2, -0.15) is 0 Å². The van der Waals surface area contributed by atoms with Gasteiger partial charge in [-0.15, -0.1) is 0 Å². The molecule has 0 saturated carbocycles. The van der Waals surface area contributed by atoms with Crippen molar-refractivity contribution in [2.75, 3.05) is 58.1 Å². The maximum Gasteiger partial charge on any atom is 0.208 e. The Kier molecular flexibility index (Phi) is 5.57. The molecule has 0 amide bonds. The number of hydrogen-bond donors (Lipinski definition) is 0. The molecule has 1 aromatic heterocycles. The molecule has 0 atom stereocenters. The van der Waals surface area contributed by atoms with Crippen molar-refractivity contribution in [1.29, 1.82) is 0 Å². The average Bonchev–Trinajstić information content (AvgIpc) is 3.17. The zero-order valence-corrected chi connectivity index (χ0v) is 17.5. The predicted molar refractivity (Wildman–Crippen MR) is 118 cm³/mol. The zero-order chi connectivity index (χ0) is 20.3. The molecule has 0 spiro atoms. The molecule has 0 radical (unpaired) electrons. The van der Waals surface area contributed by atoms with Gasteiger partial charge in [-0.1, -0.05) is 30.3 Å². The van der Waals surface area contributed by atoms with Gasteiger partial charge in [0.05, 0.1) is 44.7 Å². The molecular formula is C23H29N5O2. The van der Waals surface area contributed by atoms with Gasteiger partial charge in [0.1, 0.15) is 5.75 Å². The van der Waals surface area contributed by atoms with E-state index in [2.05, 4.69) is 61.7 Å². The van der Waals surface area contributed by atoms with Crippen molar-refractivity contribution < 1.29 is 9.47 Å². The summed E-state index contributed by atoms with van der Waals surface area (Å²) in [4.78, 5) is 12.3. The van der Waals surface area contributed by atoms with Crippen LogP contribution in [0.1, 0.15) is 5.56 Å². The Labute approximate surface area is 177 Å². The number of benzene rings is 2. The largest absolute Gasteiger partial charge is 0.497 e. The van der Waals surface area contributed by atoms with Crippen molar-refractivity contribution in [2.45, 2.75) is 13.2 Å². The lowest BCUT2D eigenvalue weighted by molar-refractivity contribution is 0.0384. The smallest absolute Gasteiger partial charge is 0.208 e. The van der Waals surface area contributed by atoms with E-state index in [0.29, 0.717) is 0 Å². The molecule has 2 aromatic carbocycles. The van der Waals surface area contributed by atoms with Crippen molar-refractivity contribution in [2.24, 2.45) is 0 Å². The highest BCUT2D eigenvalue weighted by atomic mass is 16.5. The minimum Gasteiger partial charge on any atom is -0.497 e. The van der Waals surface area contributed by atoms with Crippen molar-refractivity contribution in [1.82, 2.24) is 19.4 Å². The van der Waals surface area contributed by atoms with Gasteiger partial charge < -0.3 is 14.4 Å². The second-order valence-electron chi connectivity index (χ2n) is 8.01. The Hall–Kier alpha value is -2.61. The number of aromatic nitrogens is 2. The second kappa shape index (κ2) is 8.63. The summed E-state index contributed by atoms with van der Waals surface area (Å²) in [7, 11) is 1.71. The first-order valence-corrected chi connectivity index (χ1v) is 10.7. The molecule has 0 bridgehead atoms. The third-order valence-corrected chi connectivity index (χ3v) is 5.97. The number of hydrogen-bond acceptors (Lipinski definition) is 6. The van der Waals surface area contributed by atoms with Gasteiger partial charge in [0, 0.05) is 38.8 Å². The van der Waals surface area contributed by atoms with Crippen LogP contribution in [-0.4, -0.2) is 72.5 Å². The SMILES string of the molecule is COc1ccc2nc3n(c2c1)CN(Cc1ccccc1)CN3CCN1CCOCC1. The monoisotopic (exact) mass is 407 g/mol. The van der Waals surface area contributed by atoms with Crippen molar-refractivity contribution in [3.8, 4) is 5.75 Å². The molecule has 1 fully saturated rings. The summed E-state index contributed by atoms with van der Waals surface area (Å²) in [5.41, 5.74) is 3.47. The number of methoxy groups -OCH3 is 1. The third-order valence-electron chi connectivity index (χ3n) is 5.97. The van der Waals surface area contributed by atoms with E-state index in [1.165, 1.54) is 5.56 Å². The number of rotatable bonds is 6. The summed E-state index contributed by atoms with van der Waals surface area (Å²) in [6.07, 6.45) is 0. The summed E-state index contributed by atoms with van der Waals surface area (Å²) in [5.74, 6) is 1.92. The summed E-state index contributed by atoms with van der Waals surface area (Å²) in [6, 6.07) is 16.8. The zero-order valence-electron chi connectivity index (χ0n) is 17.5. The first kappa shape index (κ1) is 19.4. The van der Waals surface area contributed by atoms with Gasteiger partial charge in [-0.3, -0.25) is 14.4 Å². The predicted octanol–water partition coefficient (Wildman–Crippen LogP) is 2.61. The van der Waals surface area contributed by atoms with E-state index >= 15 is 0 Å². The van der Waals surface area contributed by atoms with Crippen LogP contribution in [0.3, 0.4) is 0 Å². The fraction of sp³-hybridized carbons (Fsp3) is 0.435.